The molecule has 1 heterocycles. The van der Waals surface area contributed by atoms with E-state index < -0.39 is 0 Å². The van der Waals surface area contributed by atoms with Crippen LogP contribution in [-0.4, -0.2) is 50.1 Å². The third-order valence-electron chi connectivity index (χ3n) is 5.24. The second kappa shape index (κ2) is 14.8. The number of hydrogen-bond donors (Lipinski definition) is 0. The Morgan fingerprint density at radius 3 is 2.54 bits per heavy atom. The second-order valence-electron chi connectivity index (χ2n) is 7.42. The van der Waals surface area contributed by atoms with Crippen molar-refractivity contribution in [1.29, 1.82) is 0 Å². The molecule has 0 spiro atoms. The van der Waals surface area contributed by atoms with Crippen molar-refractivity contribution in [2.24, 2.45) is 0 Å². The van der Waals surface area contributed by atoms with Crippen molar-refractivity contribution < 1.29 is 14.3 Å². The zero-order valence-electron chi connectivity index (χ0n) is 17.7. The van der Waals surface area contributed by atoms with Crippen LogP contribution in [0.1, 0.15) is 74.7 Å². The summed E-state index contributed by atoms with van der Waals surface area (Å²) in [6, 6.07) is 5.87. The lowest BCUT2D eigenvalue weighted by Crippen LogP contribution is -2.31. The average molecular weight is 412 g/mol. The van der Waals surface area contributed by atoms with E-state index in [1.807, 2.05) is 18.2 Å². The summed E-state index contributed by atoms with van der Waals surface area (Å²) in [7, 11) is 0. The number of unbranched alkanes of at least 4 members (excludes halogenated alkanes) is 2. The summed E-state index contributed by atoms with van der Waals surface area (Å²) in [5.41, 5.74) is 1.91. The molecule has 28 heavy (non-hydrogen) atoms. The first-order valence-corrected chi connectivity index (χ1v) is 10.8. The molecule has 0 N–H and O–H groups in total. The molecule has 0 aromatic heterocycles. The van der Waals surface area contributed by atoms with Crippen LogP contribution in [0, 0.1) is 0 Å². The van der Waals surface area contributed by atoms with Gasteiger partial charge in [-0.25, -0.2) is 0 Å². The van der Waals surface area contributed by atoms with Crippen molar-refractivity contribution >= 4 is 18.2 Å². The van der Waals surface area contributed by atoms with Crippen LogP contribution in [0.3, 0.4) is 0 Å². The van der Waals surface area contributed by atoms with Crippen LogP contribution < -0.4 is 4.74 Å². The van der Waals surface area contributed by atoms with E-state index >= 15 is 0 Å². The predicted molar refractivity (Wildman–Crippen MR) is 118 cm³/mol. The van der Waals surface area contributed by atoms with Crippen LogP contribution in [0.2, 0.25) is 0 Å². The molecular weight excluding hydrogens is 374 g/mol. The Morgan fingerprint density at radius 2 is 1.82 bits per heavy atom. The number of aryl methyl sites for hydroxylation is 1. The summed E-state index contributed by atoms with van der Waals surface area (Å²) < 4.78 is 11.5. The fourth-order valence-corrected chi connectivity index (χ4v) is 3.52. The topological polar surface area (TPSA) is 38.8 Å². The zero-order valence-corrected chi connectivity index (χ0v) is 18.5. The third-order valence-corrected chi connectivity index (χ3v) is 5.24. The normalized spacial score (nSPS) is 14.5. The number of likely N-dealkylation sites (tertiary alicyclic amines) is 1. The van der Waals surface area contributed by atoms with Crippen molar-refractivity contribution in [3.8, 4) is 5.75 Å². The highest BCUT2D eigenvalue weighted by Gasteiger charge is 2.14. The molecule has 1 fully saturated rings. The Kier molecular flexibility index (Phi) is 13.2. The number of hydrogen-bond acceptors (Lipinski definition) is 4. The van der Waals surface area contributed by atoms with E-state index in [1.54, 1.807) is 0 Å². The molecule has 1 aromatic carbocycles. The maximum atomic E-state index is 12.6. The Labute approximate surface area is 177 Å². The van der Waals surface area contributed by atoms with Gasteiger partial charge in [-0.3, -0.25) is 4.79 Å². The molecule has 2 rings (SSSR count). The Bertz CT molecular complexity index is 559. The van der Waals surface area contributed by atoms with Crippen LogP contribution in [0.25, 0.3) is 0 Å². The highest BCUT2D eigenvalue weighted by atomic mass is 35.5. The van der Waals surface area contributed by atoms with E-state index in [4.69, 9.17) is 9.47 Å². The number of ketones is 1. The van der Waals surface area contributed by atoms with Gasteiger partial charge in [-0.1, -0.05) is 33.1 Å². The summed E-state index contributed by atoms with van der Waals surface area (Å²) in [5, 5.41) is 0. The Morgan fingerprint density at radius 1 is 1.04 bits per heavy atom. The minimum absolute atomic E-state index is 0. The molecule has 5 heteroatoms. The lowest BCUT2D eigenvalue weighted by molar-refractivity contribution is 0.0954. The number of halogens is 1. The highest BCUT2D eigenvalue weighted by molar-refractivity contribution is 5.96. The quantitative estimate of drug-likeness (QED) is 0.325. The number of ether oxygens (including phenoxy) is 2. The molecule has 0 aliphatic carbocycles. The zero-order chi connectivity index (χ0) is 19.3. The largest absolute Gasteiger partial charge is 0.491 e. The minimum Gasteiger partial charge on any atom is -0.491 e. The molecule has 1 aliphatic heterocycles. The molecular formula is C23H38ClNO3. The molecule has 0 unspecified atom stereocenters. The van der Waals surface area contributed by atoms with Gasteiger partial charge < -0.3 is 14.4 Å². The molecule has 0 atom stereocenters. The maximum Gasteiger partial charge on any atom is 0.164 e. The number of carbonyl (C=O) groups is 1. The highest BCUT2D eigenvalue weighted by Crippen LogP contribution is 2.22. The molecule has 4 nitrogen and oxygen atoms in total. The molecule has 0 radical (unpaired) electrons. The van der Waals surface area contributed by atoms with Crippen molar-refractivity contribution in [1.82, 2.24) is 4.90 Å². The van der Waals surface area contributed by atoms with Crippen LogP contribution in [0.15, 0.2) is 18.2 Å². The van der Waals surface area contributed by atoms with Crippen LogP contribution in [0.5, 0.6) is 5.75 Å². The molecule has 1 aromatic rings. The molecule has 0 amide bonds. The SMILES string of the molecule is CCCCCOCCOc1ccc(C(=O)CCN2CCCCC2)cc1CC.Cl. The number of Topliss-reactive ketones (excluding diaryl/α,β-unsaturated/α-hetero) is 1. The lowest BCUT2D eigenvalue weighted by atomic mass is 10.0. The number of piperidine rings is 1. The van der Waals surface area contributed by atoms with Gasteiger partial charge in [0.05, 0.1) is 6.61 Å². The van der Waals surface area contributed by atoms with Gasteiger partial charge in [-0.2, -0.15) is 0 Å². The van der Waals surface area contributed by atoms with E-state index in [2.05, 4.69) is 18.7 Å². The third kappa shape index (κ3) is 8.93. The first-order valence-electron chi connectivity index (χ1n) is 10.8. The van der Waals surface area contributed by atoms with Crippen molar-refractivity contribution in [2.75, 3.05) is 39.5 Å². The average Bonchev–Trinajstić information content (AvgIpc) is 2.72. The van der Waals surface area contributed by atoms with Gasteiger partial charge in [0.15, 0.2) is 5.78 Å². The summed E-state index contributed by atoms with van der Waals surface area (Å²) in [6.07, 6.45) is 8.87. The van der Waals surface area contributed by atoms with E-state index in [9.17, 15) is 4.79 Å². The molecule has 160 valence electrons. The number of rotatable bonds is 13. The van der Waals surface area contributed by atoms with Gasteiger partial charge in [-0.05, 0) is 62.5 Å². The molecule has 1 aliphatic rings. The Balaban J connectivity index is 0.00000392. The smallest absolute Gasteiger partial charge is 0.164 e. The van der Waals surface area contributed by atoms with E-state index in [-0.39, 0.29) is 18.2 Å². The van der Waals surface area contributed by atoms with Crippen molar-refractivity contribution in [3.63, 3.8) is 0 Å². The minimum atomic E-state index is 0. The van der Waals surface area contributed by atoms with E-state index in [0.717, 1.165) is 56.0 Å². The van der Waals surface area contributed by atoms with E-state index in [1.165, 1.54) is 32.1 Å². The first-order chi connectivity index (χ1) is 13.2. The number of carbonyl (C=O) groups excluding carboxylic acids is 1. The maximum absolute atomic E-state index is 12.6. The van der Waals surface area contributed by atoms with E-state index in [0.29, 0.717) is 19.6 Å². The van der Waals surface area contributed by atoms with Crippen molar-refractivity contribution in [3.05, 3.63) is 29.3 Å². The van der Waals surface area contributed by atoms with Crippen LogP contribution >= 0.6 is 12.4 Å². The predicted octanol–water partition coefficient (Wildman–Crippen LogP) is 5.32. The van der Waals surface area contributed by atoms with Gasteiger partial charge in [-0.15, -0.1) is 12.4 Å². The summed E-state index contributed by atoms with van der Waals surface area (Å²) in [4.78, 5) is 15.0. The molecule has 1 saturated heterocycles. The lowest BCUT2D eigenvalue weighted by Gasteiger charge is -2.26. The van der Waals surface area contributed by atoms with Crippen LogP contribution in [0.4, 0.5) is 0 Å². The van der Waals surface area contributed by atoms with Gasteiger partial charge in [0.25, 0.3) is 0 Å². The molecule has 0 bridgehead atoms. The fraction of sp³-hybridized carbons (Fsp3) is 0.696. The number of benzene rings is 1. The summed E-state index contributed by atoms with van der Waals surface area (Å²) in [5.74, 6) is 1.11. The molecule has 0 saturated carbocycles. The standard InChI is InChI=1S/C23H37NO3.ClH/c1-3-5-9-16-26-17-18-27-23-11-10-21(19-20(23)4-2)22(25)12-15-24-13-7-6-8-14-24;/h10-11,19H,3-9,12-18H2,1-2H3;1H. The number of nitrogens with zero attached hydrogens (tertiary/aromatic N) is 1. The van der Waals surface area contributed by atoms with Gasteiger partial charge in [0.1, 0.15) is 12.4 Å². The van der Waals surface area contributed by atoms with Crippen molar-refractivity contribution in [2.45, 2.75) is 65.2 Å². The van der Waals surface area contributed by atoms with Gasteiger partial charge >= 0.3 is 0 Å². The fourth-order valence-electron chi connectivity index (χ4n) is 3.52. The summed E-state index contributed by atoms with van der Waals surface area (Å²) in [6.45, 7) is 9.44. The Hall–Kier alpha value is -1.10. The summed E-state index contributed by atoms with van der Waals surface area (Å²) >= 11 is 0. The second-order valence-corrected chi connectivity index (χ2v) is 7.42. The van der Waals surface area contributed by atoms with Gasteiger partial charge in [0, 0.05) is 25.1 Å². The first kappa shape index (κ1) is 24.9. The van der Waals surface area contributed by atoms with Crippen LogP contribution in [-0.2, 0) is 11.2 Å². The van der Waals surface area contributed by atoms with Gasteiger partial charge in [0.2, 0.25) is 0 Å². The monoisotopic (exact) mass is 411 g/mol.